The number of aromatic nitrogens is 1. The number of aliphatic carboxylic acids is 1. The van der Waals surface area contributed by atoms with Crippen molar-refractivity contribution in [1.29, 1.82) is 0 Å². The van der Waals surface area contributed by atoms with E-state index >= 15 is 0 Å². The zero-order valence-corrected chi connectivity index (χ0v) is 13.2. The van der Waals surface area contributed by atoms with E-state index in [4.69, 9.17) is 9.52 Å². The molecule has 1 amide bonds. The van der Waals surface area contributed by atoms with E-state index in [1.165, 1.54) is 0 Å². The van der Waals surface area contributed by atoms with E-state index in [1.54, 1.807) is 6.92 Å². The predicted octanol–water partition coefficient (Wildman–Crippen LogP) is 2.88. The Bertz CT molecular complexity index is 679. The predicted molar refractivity (Wildman–Crippen MR) is 85.0 cm³/mol. The van der Waals surface area contributed by atoms with Crippen molar-refractivity contribution in [2.75, 3.05) is 6.54 Å². The van der Waals surface area contributed by atoms with Gasteiger partial charge < -0.3 is 14.8 Å². The molecule has 0 spiro atoms. The van der Waals surface area contributed by atoms with Gasteiger partial charge in [-0.25, -0.2) is 4.98 Å². The quantitative estimate of drug-likeness (QED) is 0.819. The molecule has 0 aliphatic heterocycles. The highest BCUT2D eigenvalue weighted by Gasteiger charge is 2.22. The van der Waals surface area contributed by atoms with Crippen LogP contribution >= 0.6 is 0 Å². The maximum atomic E-state index is 12.4. The van der Waals surface area contributed by atoms with Crippen molar-refractivity contribution < 1.29 is 19.1 Å². The molecule has 2 rings (SSSR count). The van der Waals surface area contributed by atoms with Crippen molar-refractivity contribution in [3.05, 3.63) is 41.9 Å². The number of carboxylic acids is 1. The van der Waals surface area contributed by atoms with Gasteiger partial charge in [0.1, 0.15) is 0 Å². The smallest absolute Gasteiger partial charge is 0.308 e. The van der Waals surface area contributed by atoms with Crippen LogP contribution in [0.3, 0.4) is 0 Å². The third-order valence-corrected chi connectivity index (χ3v) is 3.48. The van der Waals surface area contributed by atoms with Gasteiger partial charge in [-0.2, -0.15) is 0 Å². The minimum atomic E-state index is -0.910. The van der Waals surface area contributed by atoms with Crippen LogP contribution in [0.2, 0.25) is 0 Å². The van der Waals surface area contributed by atoms with Crippen molar-refractivity contribution in [3.63, 3.8) is 0 Å². The summed E-state index contributed by atoms with van der Waals surface area (Å²) >= 11 is 0. The number of nitrogens with one attached hydrogen (secondary N) is 1. The van der Waals surface area contributed by atoms with Crippen molar-refractivity contribution >= 4 is 11.9 Å². The van der Waals surface area contributed by atoms with Crippen LogP contribution in [-0.4, -0.2) is 28.5 Å². The number of carbonyl (C=O) groups excluding carboxylic acids is 1. The molecule has 0 bridgehead atoms. The van der Waals surface area contributed by atoms with Gasteiger partial charge in [-0.1, -0.05) is 43.7 Å². The Kier molecular flexibility index (Phi) is 5.51. The van der Waals surface area contributed by atoms with Crippen LogP contribution < -0.4 is 5.32 Å². The summed E-state index contributed by atoms with van der Waals surface area (Å²) in [6, 6.07) is 9.21. The standard InChI is InChI=1S/C17H20N2O4/c1-3-7-13(17(21)22)10-18-16(20)14-15(23-11(2)19-14)12-8-5-4-6-9-12/h4-6,8-9,13H,3,7,10H2,1-2H3,(H,18,20)(H,21,22). The van der Waals surface area contributed by atoms with Crippen molar-refractivity contribution in [2.45, 2.75) is 26.7 Å². The molecule has 1 aromatic carbocycles. The average Bonchev–Trinajstić information content (AvgIpc) is 2.93. The van der Waals surface area contributed by atoms with Crippen LogP contribution in [0.5, 0.6) is 0 Å². The monoisotopic (exact) mass is 316 g/mol. The van der Waals surface area contributed by atoms with Gasteiger partial charge in [-0.05, 0) is 6.42 Å². The zero-order chi connectivity index (χ0) is 16.8. The molecular weight excluding hydrogens is 296 g/mol. The first-order valence-electron chi connectivity index (χ1n) is 7.56. The first-order valence-corrected chi connectivity index (χ1v) is 7.56. The largest absolute Gasteiger partial charge is 0.481 e. The molecule has 6 nitrogen and oxygen atoms in total. The highest BCUT2D eigenvalue weighted by Crippen LogP contribution is 2.24. The van der Waals surface area contributed by atoms with Crippen molar-refractivity contribution in [3.8, 4) is 11.3 Å². The molecule has 0 saturated heterocycles. The van der Waals surface area contributed by atoms with Crippen LogP contribution in [0.15, 0.2) is 34.7 Å². The van der Waals surface area contributed by atoms with Gasteiger partial charge >= 0.3 is 5.97 Å². The van der Waals surface area contributed by atoms with E-state index in [0.717, 1.165) is 12.0 Å². The highest BCUT2D eigenvalue weighted by molar-refractivity contribution is 5.97. The second-order valence-corrected chi connectivity index (χ2v) is 5.31. The minimum Gasteiger partial charge on any atom is -0.481 e. The molecule has 1 atom stereocenters. The number of aryl methyl sites for hydroxylation is 1. The van der Waals surface area contributed by atoms with E-state index in [0.29, 0.717) is 18.1 Å². The number of carbonyl (C=O) groups is 2. The van der Waals surface area contributed by atoms with Crippen LogP contribution in [0, 0.1) is 12.8 Å². The van der Waals surface area contributed by atoms with Crippen LogP contribution in [0.1, 0.15) is 36.1 Å². The topological polar surface area (TPSA) is 92.4 Å². The second-order valence-electron chi connectivity index (χ2n) is 5.31. The summed E-state index contributed by atoms with van der Waals surface area (Å²) in [5.74, 6) is -1.16. The third kappa shape index (κ3) is 4.18. The van der Waals surface area contributed by atoms with Crippen LogP contribution in [0.25, 0.3) is 11.3 Å². The lowest BCUT2D eigenvalue weighted by molar-refractivity contribution is -0.141. The summed E-state index contributed by atoms with van der Waals surface area (Å²) in [7, 11) is 0. The summed E-state index contributed by atoms with van der Waals surface area (Å²) in [5.41, 5.74) is 0.927. The van der Waals surface area contributed by atoms with Gasteiger partial charge in [0.05, 0.1) is 5.92 Å². The molecule has 2 aromatic rings. The fraction of sp³-hybridized carbons (Fsp3) is 0.353. The number of rotatable bonds is 7. The van der Waals surface area contributed by atoms with E-state index in [9.17, 15) is 9.59 Å². The Hall–Kier alpha value is -2.63. The summed E-state index contributed by atoms with van der Waals surface area (Å²) in [5, 5.41) is 11.8. The Labute approximate surface area is 134 Å². The van der Waals surface area contributed by atoms with E-state index < -0.39 is 17.8 Å². The summed E-state index contributed by atoms with van der Waals surface area (Å²) in [4.78, 5) is 27.6. The molecule has 0 fully saturated rings. The Morgan fingerprint density at radius 3 is 2.61 bits per heavy atom. The Morgan fingerprint density at radius 1 is 1.30 bits per heavy atom. The summed E-state index contributed by atoms with van der Waals surface area (Å²) in [6.07, 6.45) is 1.25. The molecule has 1 unspecified atom stereocenters. The fourth-order valence-corrected chi connectivity index (χ4v) is 2.33. The van der Waals surface area contributed by atoms with Crippen molar-refractivity contribution in [1.82, 2.24) is 10.3 Å². The summed E-state index contributed by atoms with van der Waals surface area (Å²) < 4.78 is 5.54. The Balaban J connectivity index is 2.15. The number of benzene rings is 1. The lowest BCUT2D eigenvalue weighted by atomic mass is 10.0. The molecule has 0 aliphatic rings. The number of carboxylic acid groups (broad SMARTS) is 1. The first kappa shape index (κ1) is 16.7. The SMILES string of the molecule is CCCC(CNC(=O)c1nc(C)oc1-c1ccccc1)C(=O)O. The minimum absolute atomic E-state index is 0.0716. The fourth-order valence-electron chi connectivity index (χ4n) is 2.33. The third-order valence-electron chi connectivity index (χ3n) is 3.48. The molecular formula is C17H20N2O4. The average molecular weight is 316 g/mol. The number of amides is 1. The normalized spacial score (nSPS) is 11.9. The molecule has 2 N–H and O–H groups in total. The molecule has 0 aliphatic carbocycles. The molecule has 1 aromatic heterocycles. The first-order chi connectivity index (χ1) is 11.0. The highest BCUT2D eigenvalue weighted by atomic mass is 16.4. The second kappa shape index (κ2) is 7.58. The van der Waals surface area contributed by atoms with E-state index in [1.807, 2.05) is 37.3 Å². The number of hydrogen-bond acceptors (Lipinski definition) is 4. The molecule has 0 radical (unpaired) electrons. The van der Waals surface area contributed by atoms with Crippen molar-refractivity contribution in [2.24, 2.45) is 5.92 Å². The van der Waals surface area contributed by atoms with Gasteiger partial charge in [-0.3, -0.25) is 9.59 Å². The lowest BCUT2D eigenvalue weighted by Crippen LogP contribution is -2.33. The van der Waals surface area contributed by atoms with E-state index in [2.05, 4.69) is 10.3 Å². The number of hydrogen-bond donors (Lipinski definition) is 2. The maximum Gasteiger partial charge on any atom is 0.308 e. The molecule has 1 heterocycles. The van der Waals surface area contributed by atoms with Gasteiger partial charge in [0.2, 0.25) is 0 Å². The summed E-state index contributed by atoms with van der Waals surface area (Å²) in [6.45, 7) is 3.65. The molecule has 122 valence electrons. The molecule has 6 heteroatoms. The number of oxazole rings is 1. The Morgan fingerprint density at radius 2 is 2.00 bits per heavy atom. The molecule has 0 saturated carbocycles. The zero-order valence-electron chi connectivity index (χ0n) is 13.2. The van der Waals surface area contributed by atoms with Gasteiger partial charge in [0.15, 0.2) is 17.3 Å². The van der Waals surface area contributed by atoms with Crippen LogP contribution in [-0.2, 0) is 4.79 Å². The van der Waals surface area contributed by atoms with Gasteiger partial charge in [0.25, 0.3) is 5.91 Å². The van der Waals surface area contributed by atoms with E-state index in [-0.39, 0.29) is 12.2 Å². The van der Waals surface area contributed by atoms with Gasteiger partial charge in [-0.15, -0.1) is 0 Å². The van der Waals surface area contributed by atoms with Gasteiger partial charge in [0, 0.05) is 19.0 Å². The molecule has 23 heavy (non-hydrogen) atoms. The number of nitrogens with zero attached hydrogens (tertiary/aromatic N) is 1. The van der Waals surface area contributed by atoms with Crippen LogP contribution in [0.4, 0.5) is 0 Å². The maximum absolute atomic E-state index is 12.4. The lowest BCUT2D eigenvalue weighted by Gasteiger charge is -2.11.